The molecule has 1 amide bonds. The minimum absolute atomic E-state index is 0.0956. The Kier molecular flexibility index (Phi) is 5.16. The van der Waals surface area contributed by atoms with Gasteiger partial charge in [0.05, 0.1) is 0 Å². The van der Waals surface area contributed by atoms with Crippen LogP contribution in [-0.4, -0.2) is 36.0 Å². The van der Waals surface area contributed by atoms with Crippen molar-refractivity contribution in [3.8, 4) is 5.75 Å². The van der Waals surface area contributed by atoms with E-state index in [-0.39, 0.29) is 23.9 Å². The van der Waals surface area contributed by atoms with E-state index in [0.29, 0.717) is 18.1 Å². The average molecular weight is 320 g/mol. The van der Waals surface area contributed by atoms with Gasteiger partial charge in [0.25, 0.3) is 0 Å². The van der Waals surface area contributed by atoms with Crippen molar-refractivity contribution in [1.82, 2.24) is 4.90 Å². The first-order valence-corrected chi connectivity index (χ1v) is 8.57. The first-order chi connectivity index (χ1) is 11.1. The summed E-state index contributed by atoms with van der Waals surface area (Å²) < 4.78 is 18.8. The van der Waals surface area contributed by atoms with Crippen molar-refractivity contribution in [3.63, 3.8) is 0 Å². The van der Waals surface area contributed by atoms with E-state index in [9.17, 15) is 9.18 Å². The molecule has 1 heterocycles. The number of rotatable bonds is 4. The van der Waals surface area contributed by atoms with Gasteiger partial charge >= 0.3 is 0 Å². The summed E-state index contributed by atoms with van der Waals surface area (Å²) >= 11 is 0. The number of amides is 1. The van der Waals surface area contributed by atoms with E-state index in [1.54, 1.807) is 12.1 Å². The Morgan fingerprint density at radius 1 is 1.17 bits per heavy atom. The van der Waals surface area contributed by atoms with Gasteiger partial charge in [-0.2, -0.15) is 0 Å². The molecule has 2 fully saturated rings. The van der Waals surface area contributed by atoms with Gasteiger partial charge in [-0.1, -0.05) is 6.42 Å². The summed E-state index contributed by atoms with van der Waals surface area (Å²) in [5, 5.41) is 0. The second kappa shape index (κ2) is 7.30. The number of carbonyl (C=O) groups excluding carboxylic acids is 1. The third-order valence-corrected chi connectivity index (χ3v) is 5.07. The largest absolute Gasteiger partial charge is 0.490 e. The van der Waals surface area contributed by atoms with Gasteiger partial charge in [0.2, 0.25) is 5.91 Å². The Morgan fingerprint density at radius 3 is 2.48 bits per heavy atom. The summed E-state index contributed by atoms with van der Waals surface area (Å²) in [5.41, 5.74) is 6.06. The molecule has 3 rings (SSSR count). The van der Waals surface area contributed by atoms with Crippen LogP contribution in [0.15, 0.2) is 24.3 Å². The number of nitrogens with zero attached hydrogens (tertiary/aromatic N) is 1. The zero-order valence-electron chi connectivity index (χ0n) is 13.4. The maximum atomic E-state index is 12.9. The molecule has 0 aromatic heterocycles. The average Bonchev–Trinajstić information content (AvgIpc) is 2.95. The van der Waals surface area contributed by atoms with Gasteiger partial charge < -0.3 is 15.4 Å². The van der Waals surface area contributed by atoms with E-state index in [2.05, 4.69) is 0 Å². The number of nitrogens with two attached hydrogens (primary N) is 1. The highest BCUT2D eigenvalue weighted by molar-refractivity contribution is 5.76. The number of carbonyl (C=O) groups is 1. The topological polar surface area (TPSA) is 55.6 Å². The number of hydrogen-bond donors (Lipinski definition) is 1. The van der Waals surface area contributed by atoms with Gasteiger partial charge in [0, 0.05) is 38.4 Å². The van der Waals surface area contributed by atoms with Crippen LogP contribution in [0.3, 0.4) is 0 Å². The molecule has 2 aliphatic rings. The third-order valence-electron chi connectivity index (χ3n) is 5.07. The van der Waals surface area contributed by atoms with Crippen molar-refractivity contribution in [2.45, 2.75) is 50.7 Å². The lowest BCUT2D eigenvalue weighted by Gasteiger charge is -2.33. The summed E-state index contributed by atoms with van der Waals surface area (Å²) in [5.74, 6) is 1.01. The highest BCUT2D eigenvalue weighted by atomic mass is 19.1. The highest BCUT2D eigenvalue weighted by Gasteiger charge is 2.30. The van der Waals surface area contributed by atoms with Crippen molar-refractivity contribution < 1.29 is 13.9 Å². The van der Waals surface area contributed by atoms with Crippen LogP contribution in [-0.2, 0) is 4.79 Å². The zero-order valence-corrected chi connectivity index (χ0v) is 13.4. The Labute approximate surface area is 136 Å². The Bertz CT molecular complexity index is 526. The maximum absolute atomic E-state index is 12.9. The molecule has 5 heteroatoms. The molecule has 0 radical (unpaired) electrons. The van der Waals surface area contributed by atoms with Crippen molar-refractivity contribution >= 4 is 5.91 Å². The molecule has 4 nitrogen and oxygen atoms in total. The fourth-order valence-corrected chi connectivity index (χ4v) is 3.60. The van der Waals surface area contributed by atoms with Gasteiger partial charge in [-0.25, -0.2) is 4.39 Å². The molecule has 126 valence electrons. The fourth-order valence-electron chi connectivity index (χ4n) is 3.60. The van der Waals surface area contributed by atoms with E-state index in [1.165, 1.54) is 12.1 Å². The first kappa shape index (κ1) is 16.2. The molecule has 1 aliphatic heterocycles. The Hall–Kier alpha value is -1.62. The van der Waals surface area contributed by atoms with E-state index >= 15 is 0 Å². The number of likely N-dealkylation sites (tertiary alicyclic amines) is 1. The van der Waals surface area contributed by atoms with Crippen LogP contribution < -0.4 is 10.5 Å². The van der Waals surface area contributed by atoms with Gasteiger partial charge in [-0.15, -0.1) is 0 Å². The fraction of sp³-hybridized carbons (Fsp3) is 0.611. The van der Waals surface area contributed by atoms with E-state index < -0.39 is 0 Å². The lowest BCUT2D eigenvalue weighted by molar-refractivity contribution is -0.134. The molecule has 1 saturated carbocycles. The monoisotopic (exact) mass is 320 g/mol. The highest BCUT2D eigenvalue weighted by Crippen LogP contribution is 2.28. The van der Waals surface area contributed by atoms with Gasteiger partial charge in [0.1, 0.15) is 17.7 Å². The molecule has 1 saturated heterocycles. The minimum Gasteiger partial charge on any atom is -0.490 e. The number of halogens is 1. The quantitative estimate of drug-likeness (QED) is 0.928. The summed E-state index contributed by atoms with van der Waals surface area (Å²) in [6, 6.07) is 6.29. The molecular formula is C18H25FN2O2. The van der Waals surface area contributed by atoms with Crippen LogP contribution in [0, 0.1) is 11.7 Å². The molecule has 1 aliphatic carbocycles. The number of ether oxygens (including phenoxy) is 1. The molecule has 1 aromatic rings. The van der Waals surface area contributed by atoms with Gasteiger partial charge in [-0.3, -0.25) is 4.79 Å². The molecule has 0 unspecified atom stereocenters. The zero-order chi connectivity index (χ0) is 16.2. The number of hydrogen-bond acceptors (Lipinski definition) is 3. The standard InChI is InChI=1S/C18H25FN2O2/c19-14-4-6-15(7-5-14)23-16-8-10-21(11-9-16)18(22)12-13-2-1-3-17(13)20/h4-7,13,16-17H,1-3,8-12,20H2/t13-,17+/m0/s1. The predicted molar refractivity (Wildman–Crippen MR) is 86.6 cm³/mol. The first-order valence-electron chi connectivity index (χ1n) is 8.57. The molecule has 0 spiro atoms. The van der Waals surface area contributed by atoms with Crippen molar-refractivity contribution in [3.05, 3.63) is 30.1 Å². The number of benzene rings is 1. The van der Waals surface area contributed by atoms with Crippen molar-refractivity contribution in [2.24, 2.45) is 11.7 Å². The molecule has 2 N–H and O–H groups in total. The molecule has 23 heavy (non-hydrogen) atoms. The van der Waals surface area contributed by atoms with Crippen LogP contribution in [0.4, 0.5) is 4.39 Å². The van der Waals surface area contributed by atoms with Crippen LogP contribution >= 0.6 is 0 Å². The van der Waals surface area contributed by atoms with Crippen LogP contribution in [0.5, 0.6) is 5.75 Å². The summed E-state index contributed by atoms with van der Waals surface area (Å²) in [4.78, 5) is 14.3. The predicted octanol–water partition coefficient (Wildman–Crippen LogP) is 2.71. The summed E-state index contributed by atoms with van der Waals surface area (Å²) in [6.07, 6.45) is 5.60. The van der Waals surface area contributed by atoms with Crippen LogP contribution in [0.2, 0.25) is 0 Å². The van der Waals surface area contributed by atoms with Crippen molar-refractivity contribution in [2.75, 3.05) is 13.1 Å². The lowest BCUT2D eigenvalue weighted by Crippen LogP contribution is -2.43. The van der Waals surface area contributed by atoms with Gasteiger partial charge in [0.15, 0.2) is 0 Å². The van der Waals surface area contributed by atoms with Crippen LogP contribution in [0.1, 0.15) is 38.5 Å². The Balaban J connectivity index is 1.44. The Morgan fingerprint density at radius 2 is 1.87 bits per heavy atom. The maximum Gasteiger partial charge on any atom is 0.222 e. The normalized spacial score (nSPS) is 25.6. The van der Waals surface area contributed by atoms with Crippen molar-refractivity contribution in [1.29, 1.82) is 0 Å². The summed E-state index contributed by atoms with van der Waals surface area (Å²) in [7, 11) is 0. The van der Waals surface area contributed by atoms with Crippen LogP contribution in [0.25, 0.3) is 0 Å². The lowest BCUT2D eigenvalue weighted by atomic mass is 9.98. The second-order valence-corrected chi connectivity index (χ2v) is 6.71. The SMILES string of the molecule is N[C@@H]1CCC[C@H]1CC(=O)N1CCC(Oc2ccc(F)cc2)CC1. The molecule has 1 aromatic carbocycles. The molecule has 0 bridgehead atoms. The second-order valence-electron chi connectivity index (χ2n) is 6.71. The minimum atomic E-state index is -0.261. The smallest absolute Gasteiger partial charge is 0.222 e. The molecular weight excluding hydrogens is 295 g/mol. The summed E-state index contributed by atoms with van der Waals surface area (Å²) in [6.45, 7) is 1.46. The number of piperidine rings is 1. The molecule has 2 atom stereocenters. The van der Waals surface area contributed by atoms with Gasteiger partial charge in [-0.05, 0) is 43.0 Å². The van der Waals surface area contributed by atoms with E-state index in [4.69, 9.17) is 10.5 Å². The third kappa shape index (κ3) is 4.22. The van der Waals surface area contributed by atoms with E-state index in [0.717, 1.165) is 45.2 Å². The van der Waals surface area contributed by atoms with E-state index in [1.807, 2.05) is 4.90 Å².